The Bertz CT molecular complexity index is 701. The Hall–Kier alpha value is -2.27. The van der Waals surface area contributed by atoms with E-state index in [9.17, 15) is 9.59 Å². The van der Waals surface area contributed by atoms with Crippen LogP contribution in [0.2, 0.25) is 0 Å². The molecule has 2 rings (SSSR count). The van der Waals surface area contributed by atoms with Crippen molar-refractivity contribution in [1.82, 2.24) is 0 Å². The van der Waals surface area contributed by atoms with E-state index in [0.29, 0.717) is 5.56 Å². The number of hydrogen-bond acceptors (Lipinski definition) is 4. The van der Waals surface area contributed by atoms with Crippen LogP contribution in [-0.4, -0.2) is 17.6 Å². The summed E-state index contributed by atoms with van der Waals surface area (Å²) in [6, 6.07) is 14.8. The number of thioether (sulfide) groups is 1. The third kappa shape index (κ3) is 4.86. The van der Waals surface area contributed by atoms with Gasteiger partial charge in [-0.1, -0.05) is 48.0 Å². The molecule has 0 unspecified atom stereocenters. The normalized spacial score (nSPS) is 11.7. The fourth-order valence-electron chi connectivity index (χ4n) is 2.08. The summed E-state index contributed by atoms with van der Waals surface area (Å²) >= 11 is 1.39. The molecule has 0 heterocycles. The zero-order valence-electron chi connectivity index (χ0n) is 13.1. The molecule has 23 heavy (non-hydrogen) atoms. The van der Waals surface area contributed by atoms with Crippen LogP contribution in [0.1, 0.15) is 22.8 Å². The molecule has 4 nitrogen and oxygen atoms in total. The summed E-state index contributed by atoms with van der Waals surface area (Å²) < 4.78 is 5.26. The molecule has 0 saturated heterocycles. The van der Waals surface area contributed by atoms with E-state index >= 15 is 0 Å². The number of benzene rings is 2. The minimum Gasteiger partial charge on any atom is -0.447 e. The van der Waals surface area contributed by atoms with Crippen LogP contribution in [0.25, 0.3) is 0 Å². The molecule has 1 amide bonds. The minimum atomic E-state index is -1.05. The van der Waals surface area contributed by atoms with Crippen LogP contribution in [0.5, 0.6) is 0 Å². The molecule has 0 aliphatic heterocycles. The summed E-state index contributed by atoms with van der Waals surface area (Å²) in [5, 5.41) is 0. The molecule has 0 fully saturated rings. The molecule has 120 valence electrons. The van der Waals surface area contributed by atoms with Crippen molar-refractivity contribution in [3.63, 3.8) is 0 Å². The van der Waals surface area contributed by atoms with Crippen molar-refractivity contribution < 1.29 is 14.3 Å². The maximum absolute atomic E-state index is 12.0. The summed E-state index contributed by atoms with van der Waals surface area (Å²) in [4.78, 5) is 24.6. The molecule has 0 aliphatic rings. The standard InChI is InChI=1S/C18H19NO3S/c1-12-8-9-13(2)15(10-12)23-11-16(20)22-17(18(19)21)14-6-4-3-5-7-14/h3-10,17H,11H2,1-2H3,(H2,19,21)/t17-/m0/s1. The summed E-state index contributed by atoms with van der Waals surface area (Å²) in [6.07, 6.45) is -1.05. The summed E-state index contributed by atoms with van der Waals surface area (Å²) in [5.74, 6) is -1.02. The molecule has 0 bridgehead atoms. The Morgan fingerprint density at radius 1 is 1.13 bits per heavy atom. The quantitative estimate of drug-likeness (QED) is 0.653. The summed E-state index contributed by atoms with van der Waals surface area (Å²) in [5.41, 5.74) is 8.15. The van der Waals surface area contributed by atoms with Gasteiger partial charge in [0, 0.05) is 10.5 Å². The molecule has 0 saturated carbocycles. The van der Waals surface area contributed by atoms with Crippen molar-refractivity contribution in [2.24, 2.45) is 5.73 Å². The van der Waals surface area contributed by atoms with Crippen LogP contribution >= 0.6 is 11.8 Å². The Balaban J connectivity index is 2.00. The van der Waals surface area contributed by atoms with Crippen molar-refractivity contribution in [3.05, 3.63) is 65.2 Å². The van der Waals surface area contributed by atoms with Crippen molar-refractivity contribution in [3.8, 4) is 0 Å². The summed E-state index contributed by atoms with van der Waals surface area (Å²) in [7, 11) is 0. The Morgan fingerprint density at radius 3 is 2.48 bits per heavy atom. The maximum atomic E-state index is 12.0. The van der Waals surface area contributed by atoms with Gasteiger partial charge in [0.1, 0.15) is 0 Å². The molecular weight excluding hydrogens is 310 g/mol. The molecule has 0 radical (unpaired) electrons. The molecular formula is C18H19NO3S. The van der Waals surface area contributed by atoms with Gasteiger partial charge in [0.25, 0.3) is 5.91 Å². The summed E-state index contributed by atoms with van der Waals surface area (Å²) in [6.45, 7) is 3.99. The number of nitrogens with two attached hydrogens (primary N) is 1. The second-order valence-corrected chi connectivity index (χ2v) is 6.26. The number of carbonyl (C=O) groups excluding carboxylic acids is 2. The topological polar surface area (TPSA) is 69.4 Å². The van der Waals surface area contributed by atoms with Crippen molar-refractivity contribution in [1.29, 1.82) is 0 Å². The maximum Gasteiger partial charge on any atom is 0.317 e. The van der Waals surface area contributed by atoms with Crippen LogP contribution in [0.3, 0.4) is 0 Å². The van der Waals surface area contributed by atoms with E-state index < -0.39 is 18.0 Å². The predicted molar refractivity (Wildman–Crippen MR) is 91.1 cm³/mol. The van der Waals surface area contributed by atoms with E-state index in [-0.39, 0.29) is 5.75 Å². The largest absolute Gasteiger partial charge is 0.447 e. The van der Waals surface area contributed by atoms with Crippen LogP contribution < -0.4 is 5.73 Å². The van der Waals surface area contributed by atoms with Gasteiger partial charge in [-0.05, 0) is 25.5 Å². The second kappa shape index (κ2) is 7.83. The highest BCUT2D eigenvalue weighted by Gasteiger charge is 2.22. The lowest BCUT2D eigenvalue weighted by Crippen LogP contribution is -2.26. The highest BCUT2D eigenvalue weighted by Crippen LogP contribution is 2.25. The lowest BCUT2D eigenvalue weighted by atomic mass is 10.1. The Labute approximate surface area is 140 Å². The third-order valence-electron chi connectivity index (χ3n) is 3.30. The number of aryl methyl sites for hydroxylation is 2. The highest BCUT2D eigenvalue weighted by molar-refractivity contribution is 8.00. The van der Waals surface area contributed by atoms with Gasteiger partial charge in [0.05, 0.1) is 5.75 Å². The first kappa shape index (κ1) is 17.1. The lowest BCUT2D eigenvalue weighted by Gasteiger charge is -2.15. The Morgan fingerprint density at radius 2 is 1.83 bits per heavy atom. The van der Waals surface area contributed by atoms with E-state index in [4.69, 9.17) is 10.5 Å². The van der Waals surface area contributed by atoms with E-state index in [1.54, 1.807) is 24.3 Å². The first-order valence-corrected chi connectivity index (χ1v) is 8.19. The van der Waals surface area contributed by atoms with Crippen LogP contribution in [0.4, 0.5) is 0 Å². The van der Waals surface area contributed by atoms with E-state index in [1.807, 2.05) is 38.1 Å². The molecule has 2 aromatic carbocycles. The number of carbonyl (C=O) groups is 2. The smallest absolute Gasteiger partial charge is 0.317 e. The third-order valence-corrected chi connectivity index (χ3v) is 4.43. The molecule has 1 atom stereocenters. The zero-order chi connectivity index (χ0) is 16.8. The van der Waals surface area contributed by atoms with Gasteiger partial charge in [-0.3, -0.25) is 9.59 Å². The van der Waals surface area contributed by atoms with Crippen molar-refractivity contribution in [2.75, 3.05) is 5.75 Å². The van der Waals surface area contributed by atoms with Gasteiger partial charge in [-0.2, -0.15) is 0 Å². The molecule has 5 heteroatoms. The first-order chi connectivity index (χ1) is 11.0. The van der Waals surface area contributed by atoms with Gasteiger partial charge in [0.2, 0.25) is 6.10 Å². The number of rotatable bonds is 6. The predicted octanol–water partition coefficient (Wildman–Crippen LogP) is 3.17. The second-order valence-electron chi connectivity index (χ2n) is 5.24. The van der Waals surface area contributed by atoms with E-state index in [2.05, 4.69) is 0 Å². The van der Waals surface area contributed by atoms with Crippen LogP contribution in [0, 0.1) is 13.8 Å². The monoisotopic (exact) mass is 329 g/mol. The van der Waals surface area contributed by atoms with Crippen LogP contribution in [0.15, 0.2) is 53.4 Å². The van der Waals surface area contributed by atoms with Crippen molar-refractivity contribution >= 4 is 23.6 Å². The highest BCUT2D eigenvalue weighted by atomic mass is 32.2. The van der Waals surface area contributed by atoms with Gasteiger partial charge in [-0.25, -0.2) is 0 Å². The van der Waals surface area contributed by atoms with E-state index in [0.717, 1.165) is 16.0 Å². The van der Waals surface area contributed by atoms with Gasteiger partial charge in [0.15, 0.2) is 0 Å². The minimum absolute atomic E-state index is 0.126. The van der Waals surface area contributed by atoms with E-state index in [1.165, 1.54) is 11.8 Å². The van der Waals surface area contributed by atoms with Gasteiger partial charge >= 0.3 is 5.97 Å². The number of ether oxygens (including phenoxy) is 1. The molecule has 0 aromatic heterocycles. The fraction of sp³-hybridized carbons (Fsp3) is 0.222. The number of esters is 1. The molecule has 2 N–H and O–H groups in total. The molecule has 0 aliphatic carbocycles. The SMILES string of the molecule is Cc1ccc(C)c(SCC(=O)O[C@H](C(N)=O)c2ccccc2)c1. The van der Waals surface area contributed by atoms with Gasteiger partial charge < -0.3 is 10.5 Å². The first-order valence-electron chi connectivity index (χ1n) is 7.21. The van der Waals surface area contributed by atoms with Gasteiger partial charge in [-0.15, -0.1) is 11.8 Å². The molecule has 2 aromatic rings. The number of primary amides is 1. The Kier molecular flexibility index (Phi) is 5.82. The molecule has 0 spiro atoms. The van der Waals surface area contributed by atoms with Crippen LogP contribution in [-0.2, 0) is 14.3 Å². The fourth-order valence-corrected chi connectivity index (χ4v) is 2.99. The number of hydrogen-bond donors (Lipinski definition) is 1. The lowest BCUT2D eigenvalue weighted by molar-refractivity contribution is -0.152. The average molecular weight is 329 g/mol. The average Bonchev–Trinajstić information content (AvgIpc) is 2.54. The van der Waals surface area contributed by atoms with Crippen molar-refractivity contribution in [2.45, 2.75) is 24.8 Å². The number of amides is 1. The zero-order valence-corrected chi connectivity index (χ0v) is 13.9.